The highest BCUT2D eigenvalue weighted by Gasteiger charge is 2.39. The first-order valence-corrected chi connectivity index (χ1v) is 8.17. The maximum Gasteiger partial charge on any atom is 0.329 e. The van der Waals surface area contributed by atoms with E-state index < -0.39 is 29.8 Å². The number of hydrogen-bond donors (Lipinski definition) is 1. The van der Waals surface area contributed by atoms with Crippen LogP contribution in [0.5, 0.6) is 5.75 Å². The Kier molecular flexibility index (Phi) is 4.87. The minimum atomic E-state index is -0.833. The van der Waals surface area contributed by atoms with Gasteiger partial charge in [-0.25, -0.2) is 14.1 Å². The van der Waals surface area contributed by atoms with E-state index in [2.05, 4.69) is 10.1 Å². The number of imide groups is 1. The molecular weight excluding hydrogens is 331 g/mol. The number of ether oxygens (including phenoxy) is 2. The quantitative estimate of drug-likeness (QED) is 0.628. The first-order valence-electron chi connectivity index (χ1n) is 8.17. The van der Waals surface area contributed by atoms with Crippen molar-refractivity contribution in [3.05, 3.63) is 24.0 Å². The van der Waals surface area contributed by atoms with Crippen molar-refractivity contribution in [2.75, 3.05) is 12.0 Å². The van der Waals surface area contributed by atoms with Crippen LogP contribution in [0.25, 0.3) is 0 Å². The molecule has 1 aliphatic heterocycles. The number of nitrogens with one attached hydrogen (secondary N) is 1. The molecule has 1 aromatic carbocycles. The minimum absolute atomic E-state index is 0.00353. The van der Waals surface area contributed by atoms with Gasteiger partial charge < -0.3 is 14.8 Å². The lowest BCUT2D eigenvalue weighted by Crippen LogP contribution is -2.31. The Morgan fingerprint density at radius 1 is 1.36 bits per heavy atom. The highest BCUT2D eigenvalue weighted by Crippen LogP contribution is 2.30. The number of methoxy groups -OCH3 is 1. The van der Waals surface area contributed by atoms with Crippen molar-refractivity contribution in [2.24, 2.45) is 0 Å². The molecule has 2 fully saturated rings. The molecule has 1 saturated heterocycles. The van der Waals surface area contributed by atoms with E-state index in [1.165, 1.54) is 19.2 Å². The molecule has 25 heavy (non-hydrogen) atoms. The van der Waals surface area contributed by atoms with E-state index in [9.17, 15) is 18.8 Å². The lowest BCUT2D eigenvalue weighted by atomic mass is 9.96. The Balaban J connectivity index is 1.70. The van der Waals surface area contributed by atoms with Gasteiger partial charge in [-0.3, -0.25) is 9.59 Å². The molecule has 1 atom stereocenters. The molecule has 1 aliphatic carbocycles. The van der Waals surface area contributed by atoms with Crippen molar-refractivity contribution in [3.63, 3.8) is 0 Å². The summed E-state index contributed by atoms with van der Waals surface area (Å²) in [4.78, 5) is 36.5. The number of anilines is 1. The summed E-state index contributed by atoms with van der Waals surface area (Å²) in [5.74, 6) is -1.50. The molecule has 7 nitrogen and oxygen atoms in total. The Labute approximate surface area is 144 Å². The lowest BCUT2D eigenvalue weighted by molar-refractivity contribution is -0.140. The average Bonchev–Trinajstić information content (AvgIpc) is 2.83. The molecule has 0 spiro atoms. The van der Waals surface area contributed by atoms with Crippen molar-refractivity contribution in [3.8, 4) is 5.75 Å². The van der Waals surface area contributed by atoms with Crippen molar-refractivity contribution in [1.29, 1.82) is 0 Å². The summed E-state index contributed by atoms with van der Waals surface area (Å²) < 4.78 is 24.3. The smallest absolute Gasteiger partial charge is 0.329 e. The van der Waals surface area contributed by atoms with Crippen LogP contribution in [-0.4, -0.2) is 37.2 Å². The van der Waals surface area contributed by atoms with Gasteiger partial charge in [0.25, 0.3) is 5.91 Å². The summed E-state index contributed by atoms with van der Waals surface area (Å²) in [7, 11) is 1.25. The zero-order chi connectivity index (χ0) is 18.0. The van der Waals surface area contributed by atoms with Crippen LogP contribution >= 0.6 is 0 Å². The third kappa shape index (κ3) is 3.57. The SMILES string of the molecule is COC(=O)CC[C@H]1NC(=O)N(c2ccc(OC3CCC3)c(F)c2)C1=O. The number of hydrogen-bond acceptors (Lipinski definition) is 5. The number of amides is 3. The molecular formula is C17H19FN2O5. The number of carbonyl (C=O) groups excluding carboxylic acids is 3. The second kappa shape index (κ2) is 7.08. The van der Waals surface area contributed by atoms with Gasteiger partial charge in [-0.05, 0) is 37.8 Å². The van der Waals surface area contributed by atoms with Gasteiger partial charge in [0, 0.05) is 12.5 Å². The molecule has 3 amide bonds. The Morgan fingerprint density at radius 2 is 2.12 bits per heavy atom. The standard InChI is InChI=1S/C17H19FN2O5/c1-24-15(21)8-6-13-16(22)20(17(23)19-13)10-5-7-14(12(18)9-10)25-11-3-2-4-11/h5,7,9,11,13H,2-4,6,8H2,1H3,(H,19,23)/t13-/m1/s1. The molecule has 0 radical (unpaired) electrons. The van der Waals surface area contributed by atoms with E-state index >= 15 is 0 Å². The van der Waals surface area contributed by atoms with Gasteiger partial charge >= 0.3 is 12.0 Å². The maximum absolute atomic E-state index is 14.2. The first kappa shape index (κ1) is 17.2. The van der Waals surface area contributed by atoms with E-state index in [1.54, 1.807) is 0 Å². The summed E-state index contributed by atoms with van der Waals surface area (Å²) in [5.41, 5.74) is 0.126. The number of carbonyl (C=O) groups is 3. The summed E-state index contributed by atoms with van der Waals surface area (Å²) in [6.45, 7) is 0. The molecule has 1 aromatic rings. The third-order valence-corrected chi connectivity index (χ3v) is 4.40. The summed E-state index contributed by atoms with van der Waals surface area (Å²) in [5, 5.41) is 2.49. The maximum atomic E-state index is 14.2. The molecule has 0 unspecified atom stereocenters. The van der Waals surface area contributed by atoms with Crippen LogP contribution in [0.3, 0.4) is 0 Å². The largest absolute Gasteiger partial charge is 0.487 e. The molecule has 134 valence electrons. The minimum Gasteiger partial charge on any atom is -0.487 e. The van der Waals surface area contributed by atoms with Crippen LogP contribution in [0.15, 0.2) is 18.2 Å². The monoisotopic (exact) mass is 350 g/mol. The van der Waals surface area contributed by atoms with Gasteiger partial charge in [-0.15, -0.1) is 0 Å². The Bertz CT molecular complexity index is 704. The van der Waals surface area contributed by atoms with Crippen molar-refractivity contribution in [2.45, 2.75) is 44.2 Å². The number of nitrogens with zero attached hydrogens (tertiary/aromatic N) is 1. The van der Waals surface area contributed by atoms with Crippen LogP contribution in [0.4, 0.5) is 14.9 Å². The Morgan fingerprint density at radius 3 is 2.72 bits per heavy atom. The van der Waals surface area contributed by atoms with Crippen LogP contribution in [-0.2, 0) is 14.3 Å². The number of esters is 1. The fraction of sp³-hybridized carbons (Fsp3) is 0.471. The normalized spacial score (nSPS) is 20.2. The van der Waals surface area contributed by atoms with Crippen LogP contribution in [0, 0.1) is 5.82 Å². The van der Waals surface area contributed by atoms with Gasteiger partial charge in [0.05, 0.1) is 18.9 Å². The van der Waals surface area contributed by atoms with Gasteiger partial charge in [0.15, 0.2) is 11.6 Å². The summed E-state index contributed by atoms with van der Waals surface area (Å²) in [6.07, 6.45) is 3.02. The third-order valence-electron chi connectivity index (χ3n) is 4.40. The van der Waals surface area contributed by atoms with Crippen LogP contribution in [0.2, 0.25) is 0 Å². The van der Waals surface area contributed by atoms with E-state index in [1.807, 2.05) is 0 Å². The molecule has 1 saturated carbocycles. The highest BCUT2D eigenvalue weighted by molar-refractivity contribution is 6.21. The predicted molar refractivity (Wildman–Crippen MR) is 85.7 cm³/mol. The van der Waals surface area contributed by atoms with Crippen molar-refractivity contribution >= 4 is 23.6 Å². The molecule has 0 aromatic heterocycles. The molecule has 0 bridgehead atoms. The number of benzene rings is 1. The zero-order valence-corrected chi connectivity index (χ0v) is 13.8. The van der Waals surface area contributed by atoms with Crippen LogP contribution in [0.1, 0.15) is 32.1 Å². The fourth-order valence-electron chi connectivity index (χ4n) is 2.73. The van der Waals surface area contributed by atoms with Gasteiger partial charge in [0.1, 0.15) is 6.04 Å². The van der Waals surface area contributed by atoms with Gasteiger partial charge in [-0.1, -0.05) is 0 Å². The number of halogens is 1. The van der Waals surface area contributed by atoms with E-state index in [-0.39, 0.29) is 30.4 Å². The van der Waals surface area contributed by atoms with Crippen LogP contribution < -0.4 is 15.0 Å². The fourth-order valence-corrected chi connectivity index (χ4v) is 2.73. The van der Waals surface area contributed by atoms with E-state index in [0.29, 0.717) is 0 Å². The van der Waals surface area contributed by atoms with Crippen molar-refractivity contribution in [1.82, 2.24) is 5.32 Å². The molecule has 2 aliphatic rings. The topological polar surface area (TPSA) is 84.9 Å². The molecule has 8 heteroatoms. The predicted octanol–water partition coefficient (Wildman–Crippen LogP) is 2.13. The second-order valence-electron chi connectivity index (χ2n) is 6.08. The number of rotatable bonds is 6. The molecule has 1 N–H and O–H groups in total. The Hall–Kier alpha value is -2.64. The summed E-state index contributed by atoms with van der Waals surface area (Å²) >= 11 is 0. The highest BCUT2D eigenvalue weighted by atomic mass is 19.1. The molecule has 3 rings (SSSR count). The lowest BCUT2D eigenvalue weighted by Gasteiger charge is -2.26. The second-order valence-corrected chi connectivity index (χ2v) is 6.08. The van der Waals surface area contributed by atoms with Gasteiger partial charge in [0.2, 0.25) is 0 Å². The van der Waals surface area contributed by atoms with Gasteiger partial charge in [-0.2, -0.15) is 0 Å². The zero-order valence-electron chi connectivity index (χ0n) is 13.8. The van der Waals surface area contributed by atoms with E-state index in [4.69, 9.17) is 4.74 Å². The average molecular weight is 350 g/mol. The summed E-state index contributed by atoms with van der Waals surface area (Å²) in [6, 6.07) is 2.52. The molecule has 1 heterocycles. The van der Waals surface area contributed by atoms with E-state index in [0.717, 1.165) is 30.2 Å². The first-order chi connectivity index (χ1) is 12.0. The number of urea groups is 1. The van der Waals surface area contributed by atoms with Crippen molar-refractivity contribution < 1.29 is 28.2 Å².